The number of carbonyl (C=O) groups excluding carboxylic acids is 1. The average molecular weight is 354 g/mol. The maximum Gasteiger partial charge on any atom is 0.214 e. The minimum atomic E-state index is -1.42. The lowest BCUT2D eigenvalue weighted by Gasteiger charge is -2.01. The van der Waals surface area contributed by atoms with Gasteiger partial charge in [-0.3, -0.25) is 0 Å². The molecule has 0 saturated heterocycles. The Balaban J connectivity index is 2.45. The number of halogens is 1. The van der Waals surface area contributed by atoms with Crippen LogP contribution in [0, 0.1) is 5.53 Å². The van der Waals surface area contributed by atoms with Gasteiger partial charge in [0.05, 0.1) is 10.6 Å². The molecule has 0 aliphatic rings. The molecule has 0 aliphatic carbocycles. The number of benzene rings is 1. The van der Waals surface area contributed by atoms with Crippen LogP contribution in [0.5, 0.6) is 0 Å². The Morgan fingerprint density at radius 2 is 2.40 bits per heavy atom. The third-order valence-corrected chi connectivity index (χ3v) is 3.74. The van der Waals surface area contributed by atoms with Gasteiger partial charge in [-0.05, 0) is 12.1 Å². The highest BCUT2D eigenvalue weighted by Crippen LogP contribution is 2.32. The fraction of sp³-hybridized carbons (Fsp3) is 0.0909. The second-order valence-corrected chi connectivity index (χ2v) is 5.61. The summed E-state index contributed by atoms with van der Waals surface area (Å²) < 4.78 is 0.880. The van der Waals surface area contributed by atoms with Gasteiger partial charge in [0.1, 0.15) is 16.7 Å². The van der Waals surface area contributed by atoms with Crippen molar-refractivity contribution in [2.75, 3.05) is 5.32 Å². The van der Waals surface area contributed by atoms with Crippen LogP contribution in [0.2, 0.25) is 0 Å². The van der Waals surface area contributed by atoms with E-state index in [-0.39, 0.29) is 11.7 Å². The number of carbonyl (C=O) groups is 1. The Bertz CT molecular complexity index is 696. The van der Waals surface area contributed by atoms with E-state index < -0.39 is 6.09 Å². The highest BCUT2D eigenvalue weighted by Gasteiger charge is 2.14. The van der Waals surface area contributed by atoms with Gasteiger partial charge in [-0.2, -0.15) is 0 Å². The van der Waals surface area contributed by atoms with Gasteiger partial charge in [-0.25, -0.2) is 4.98 Å². The molecular weight excluding hydrogens is 346 g/mol. The predicted molar refractivity (Wildman–Crippen MR) is 75.3 cm³/mol. The second-order valence-electron chi connectivity index (χ2n) is 3.61. The molecule has 0 fully saturated rings. The van der Waals surface area contributed by atoms with Crippen LogP contribution in [0.4, 0.5) is 9.93 Å². The third kappa shape index (κ3) is 3.47. The first-order chi connectivity index (χ1) is 9.60. The molecule has 2 aromatic rings. The van der Waals surface area contributed by atoms with E-state index in [4.69, 9.17) is 5.53 Å². The molecule has 0 bridgehead atoms. The van der Waals surface area contributed by atoms with Gasteiger partial charge in [0, 0.05) is 10.0 Å². The summed E-state index contributed by atoms with van der Waals surface area (Å²) in [5, 5.41) is 16.5. The maximum absolute atomic E-state index is 10.6. The minimum Gasteiger partial charge on any atom is -0.530 e. The first-order valence-corrected chi connectivity index (χ1v) is 6.98. The Labute approximate surface area is 126 Å². The quantitative estimate of drug-likeness (QED) is 0.649. The number of carboxylic acid groups (broad SMARTS) is 1. The summed E-state index contributed by atoms with van der Waals surface area (Å²) in [6, 6.07) is 7.43. The summed E-state index contributed by atoms with van der Waals surface area (Å²) in [6.45, 7) is 0.164. The summed E-state index contributed by atoms with van der Waals surface area (Å²) >= 11 is 4.50. The van der Waals surface area contributed by atoms with Gasteiger partial charge < -0.3 is 15.2 Å². The summed E-state index contributed by atoms with van der Waals surface area (Å²) in [7, 11) is 0. The Morgan fingerprint density at radius 3 is 3.05 bits per heavy atom. The van der Waals surface area contributed by atoms with Gasteiger partial charge in [-0.15, -0.1) is 0 Å². The van der Waals surface area contributed by atoms with Crippen LogP contribution in [-0.4, -0.2) is 11.1 Å². The molecular formula is C11H8BrN5O2S. The van der Waals surface area contributed by atoms with Crippen molar-refractivity contribution >= 4 is 38.5 Å². The molecule has 2 N–H and O–H groups in total. The molecule has 0 atom stereocenters. The van der Waals surface area contributed by atoms with E-state index in [1.54, 1.807) is 0 Å². The fourth-order valence-corrected chi connectivity index (χ4v) is 2.85. The SMILES string of the molecule is N=[N+]=NCc1sc(NC(=O)[O-])nc1-c1cccc(Br)c1. The van der Waals surface area contributed by atoms with Crippen molar-refractivity contribution in [3.8, 4) is 11.3 Å². The number of rotatable bonds is 4. The molecule has 1 amide bonds. The Morgan fingerprint density at radius 1 is 1.60 bits per heavy atom. The Kier molecular flexibility index (Phi) is 4.57. The standard InChI is InChI=1S/C11H8BrN5O2S/c12-7-3-1-2-6(4-7)9-8(5-14-17-13)20-10(15-9)16-11(18)19/h1-4,13H,5H2,(H-,15,16,18,19). The van der Waals surface area contributed by atoms with E-state index in [1.807, 2.05) is 24.3 Å². The normalized spacial score (nSPS) is 9.85. The first-order valence-electron chi connectivity index (χ1n) is 5.37. The number of anilines is 1. The molecule has 2 rings (SSSR count). The Hall–Kier alpha value is -2.09. The van der Waals surface area contributed by atoms with Gasteiger partial charge in [0.2, 0.25) is 4.91 Å². The summed E-state index contributed by atoms with van der Waals surface area (Å²) in [5.41, 5.74) is 8.12. The fourth-order valence-electron chi connectivity index (χ4n) is 1.56. The van der Waals surface area contributed by atoms with E-state index in [0.717, 1.165) is 21.4 Å². The van der Waals surface area contributed by atoms with Crippen LogP contribution in [0.1, 0.15) is 4.88 Å². The predicted octanol–water partition coefficient (Wildman–Crippen LogP) is 2.38. The summed E-state index contributed by atoms with van der Waals surface area (Å²) in [6.07, 6.45) is -1.42. The highest BCUT2D eigenvalue weighted by atomic mass is 79.9. The molecule has 7 nitrogen and oxygen atoms in total. The zero-order valence-corrected chi connectivity index (χ0v) is 12.4. The number of aromatic nitrogens is 1. The molecule has 9 heteroatoms. The largest absolute Gasteiger partial charge is 0.530 e. The number of nitrogens with zero attached hydrogens (tertiary/aromatic N) is 3. The third-order valence-electron chi connectivity index (χ3n) is 2.29. The van der Waals surface area contributed by atoms with Crippen LogP contribution >= 0.6 is 27.3 Å². The lowest BCUT2D eigenvalue weighted by atomic mass is 10.1. The first kappa shape index (κ1) is 14.3. The van der Waals surface area contributed by atoms with E-state index in [9.17, 15) is 9.90 Å². The topological polar surface area (TPSA) is 115 Å². The molecule has 102 valence electrons. The van der Waals surface area contributed by atoms with Gasteiger partial charge >= 0.3 is 0 Å². The molecule has 0 aliphatic heterocycles. The van der Waals surface area contributed by atoms with Crippen LogP contribution in [0.15, 0.2) is 33.9 Å². The molecule has 1 aromatic heterocycles. The van der Waals surface area contributed by atoms with Crippen LogP contribution < -0.4 is 15.3 Å². The average Bonchev–Trinajstić information content (AvgIpc) is 2.78. The maximum atomic E-state index is 10.6. The molecule has 0 spiro atoms. The monoisotopic (exact) mass is 353 g/mol. The van der Waals surface area contributed by atoms with Crippen LogP contribution in [-0.2, 0) is 6.54 Å². The van der Waals surface area contributed by atoms with Crippen molar-refractivity contribution in [2.24, 2.45) is 5.11 Å². The van der Waals surface area contributed by atoms with Crippen molar-refractivity contribution in [1.29, 1.82) is 5.53 Å². The van der Waals surface area contributed by atoms with E-state index >= 15 is 0 Å². The molecule has 0 radical (unpaired) electrons. The smallest absolute Gasteiger partial charge is 0.214 e. The lowest BCUT2D eigenvalue weighted by molar-refractivity contribution is -0.242. The van der Waals surface area contributed by atoms with Crippen molar-refractivity contribution in [2.45, 2.75) is 6.54 Å². The summed E-state index contributed by atoms with van der Waals surface area (Å²) in [4.78, 5) is 18.4. The molecule has 1 aromatic carbocycles. The number of thiazole rings is 1. The molecule has 20 heavy (non-hydrogen) atoms. The van der Waals surface area contributed by atoms with E-state index in [0.29, 0.717) is 10.6 Å². The van der Waals surface area contributed by atoms with E-state index in [1.165, 1.54) is 0 Å². The van der Waals surface area contributed by atoms with Gasteiger partial charge in [0.15, 0.2) is 11.7 Å². The summed E-state index contributed by atoms with van der Waals surface area (Å²) in [5.74, 6) is 0. The number of amides is 1. The zero-order chi connectivity index (χ0) is 14.5. The lowest BCUT2D eigenvalue weighted by Crippen LogP contribution is -2.28. The zero-order valence-electron chi connectivity index (χ0n) is 9.96. The van der Waals surface area contributed by atoms with E-state index in [2.05, 4.69) is 36.3 Å². The molecule has 0 saturated carbocycles. The van der Waals surface area contributed by atoms with Crippen molar-refractivity contribution < 1.29 is 9.90 Å². The number of nitrogens with one attached hydrogen (secondary N) is 2. The van der Waals surface area contributed by atoms with Gasteiger partial charge in [0.25, 0.3) is 0 Å². The minimum absolute atomic E-state index is 0.164. The van der Waals surface area contributed by atoms with Gasteiger partial charge in [-0.1, -0.05) is 39.4 Å². The van der Waals surface area contributed by atoms with Crippen LogP contribution in [0.3, 0.4) is 0 Å². The van der Waals surface area contributed by atoms with Crippen molar-refractivity contribution in [3.05, 3.63) is 33.6 Å². The van der Waals surface area contributed by atoms with Crippen molar-refractivity contribution in [3.63, 3.8) is 0 Å². The number of hydrogen-bond donors (Lipinski definition) is 2. The van der Waals surface area contributed by atoms with Crippen molar-refractivity contribution in [1.82, 2.24) is 9.90 Å². The highest BCUT2D eigenvalue weighted by molar-refractivity contribution is 9.10. The second kappa shape index (κ2) is 6.38. The molecule has 0 unspecified atom stereocenters. The number of hydrogen-bond acceptors (Lipinski definition) is 6. The van der Waals surface area contributed by atoms with Crippen LogP contribution in [0.25, 0.3) is 11.3 Å². The molecule has 1 heterocycles.